The Hall–Kier alpha value is -1.56. The van der Waals surface area contributed by atoms with E-state index in [2.05, 4.69) is 20.7 Å². The van der Waals surface area contributed by atoms with E-state index in [4.69, 9.17) is 9.47 Å². The summed E-state index contributed by atoms with van der Waals surface area (Å²) in [5, 5.41) is 0.163. The Kier molecular flexibility index (Phi) is 5.82. The van der Waals surface area contributed by atoms with Gasteiger partial charge >= 0.3 is 5.97 Å². The zero-order valence-corrected chi connectivity index (χ0v) is 12.6. The minimum Gasteiger partial charge on any atom is -0.493 e. The molecule has 0 aliphatic rings. The molecule has 0 atom stereocenters. The lowest BCUT2D eigenvalue weighted by Gasteiger charge is -2.13. The number of alkyl halides is 1. The highest BCUT2D eigenvalue weighted by atomic mass is 79.9. The maximum absolute atomic E-state index is 11.9. The lowest BCUT2D eigenvalue weighted by molar-refractivity contribution is -0.139. The molecule has 0 radical (unpaired) electrons. The second-order valence-electron chi connectivity index (χ2n) is 3.67. The summed E-state index contributed by atoms with van der Waals surface area (Å²) in [4.78, 5) is 23.3. The third-order valence-electron chi connectivity index (χ3n) is 2.59. The molecule has 1 rings (SSSR count). The number of ether oxygens (including phenoxy) is 3. The van der Waals surface area contributed by atoms with Gasteiger partial charge in [-0.2, -0.15) is 0 Å². The van der Waals surface area contributed by atoms with Gasteiger partial charge in [-0.3, -0.25) is 9.59 Å². The monoisotopic (exact) mass is 330 g/mol. The first kappa shape index (κ1) is 15.5. The number of esters is 1. The predicted molar refractivity (Wildman–Crippen MR) is 73.4 cm³/mol. The fourth-order valence-electron chi connectivity index (χ4n) is 1.63. The number of carbonyl (C=O) groups is 2. The Bertz CT molecular complexity index is 484. The summed E-state index contributed by atoms with van der Waals surface area (Å²) in [6.45, 7) is 0. The number of rotatable bonds is 6. The quantitative estimate of drug-likeness (QED) is 0.453. The van der Waals surface area contributed by atoms with Crippen molar-refractivity contribution in [2.75, 3.05) is 26.7 Å². The smallest absolute Gasteiger partial charge is 0.310 e. The summed E-state index contributed by atoms with van der Waals surface area (Å²) < 4.78 is 14.9. The highest BCUT2D eigenvalue weighted by Crippen LogP contribution is 2.31. The predicted octanol–water partition coefficient (Wildman–Crippen LogP) is 2.00. The average molecular weight is 331 g/mol. The van der Waals surface area contributed by atoms with Crippen LogP contribution in [-0.4, -0.2) is 38.4 Å². The number of hydrogen-bond acceptors (Lipinski definition) is 5. The van der Waals surface area contributed by atoms with Crippen molar-refractivity contribution in [1.29, 1.82) is 0 Å². The lowest BCUT2D eigenvalue weighted by atomic mass is 10.0. The molecule has 0 heterocycles. The van der Waals surface area contributed by atoms with Gasteiger partial charge in [-0.1, -0.05) is 15.9 Å². The summed E-state index contributed by atoms with van der Waals surface area (Å²) in [7, 11) is 4.28. The van der Waals surface area contributed by atoms with Gasteiger partial charge in [0.15, 0.2) is 17.3 Å². The maximum atomic E-state index is 11.9. The van der Waals surface area contributed by atoms with E-state index in [-0.39, 0.29) is 17.5 Å². The van der Waals surface area contributed by atoms with E-state index in [1.165, 1.54) is 21.3 Å². The van der Waals surface area contributed by atoms with Crippen LogP contribution >= 0.6 is 15.9 Å². The second kappa shape index (κ2) is 7.13. The number of ketones is 1. The van der Waals surface area contributed by atoms with Crippen molar-refractivity contribution in [3.05, 3.63) is 23.3 Å². The number of Topliss-reactive ketones (excluding diaryl/α,β-unsaturated/α-hetero) is 1. The standard InChI is InChI=1S/C13H15BrO5/c1-17-11-4-8(5-13(16)19-3)9(10(15)7-14)6-12(11)18-2/h4,6H,5,7H2,1-3H3. The average Bonchev–Trinajstić information content (AvgIpc) is 2.45. The normalized spacial score (nSPS) is 9.89. The van der Waals surface area contributed by atoms with Crippen molar-refractivity contribution in [1.82, 2.24) is 0 Å². The number of carbonyl (C=O) groups excluding carboxylic acids is 2. The summed E-state index contributed by atoms with van der Waals surface area (Å²) in [6, 6.07) is 3.19. The molecule has 0 unspecified atom stereocenters. The van der Waals surface area contributed by atoms with Gasteiger partial charge in [0.25, 0.3) is 0 Å². The zero-order valence-electron chi connectivity index (χ0n) is 11.0. The molecule has 0 spiro atoms. The summed E-state index contributed by atoms with van der Waals surface area (Å²) in [5.74, 6) is 0.351. The van der Waals surface area contributed by atoms with Gasteiger partial charge < -0.3 is 14.2 Å². The highest BCUT2D eigenvalue weighted by molar-refractivity contribution is 9.09. The third-order valence-corrected chi connectivity index (χ3v) is 3.10. The van der Waals surface area contributed by atoms with E-state index in [0.29, 0.717) is 22.6 Å². The van der Waals surface area contributed by atoms with E-state index < -0.39 is 5.97 Å². The maximum Gasteiger partial charge on any atom is 0.310 e. The molecule has 0 N–H and O–H groups in total. The van der Waals surface area contributed by atoms with Crippen LogP contribution in [0.5, 0.6) is 11.5 Å². The summed E-state index contributed by atoms with van der Waals surface area (Å²) >= 11 is 3.11. The van der Waals surface area contributed by atoms with Crippen molar-refractivity contribution in [2.24, 2.45) is 0 Å². The van der Waals surface area contributed by atoms with Crippen LogP contribution in [0.4, 0.5) is 0 Å². The summed E-state index contributed by atoms with van der Waals surface area (Å²) in [6.07, 6.45) is 0.00489. The molecule has 0 aliphatic heterocycles. The Balaban J connectivity index is 3.31. The van der Waals surface area contributed by atoms with Crippen LogP contribution in [0.15, 0.2) is 12.1 Å². The fourth-order valence-corrected chi connectivity index (χ4v) is 1.93. The van der Waals surface area contributed by atoms with E-state index >= 15 is 0 Å². The molecule has 1 aromatic rings. The first-order valence-electron chi connectivity index (χ1n) is 5.48. The minimum absolute atomic E-state index is 0.00489. The molecule has 0 fully saturated rings. The zero-order chi connectivity index (χ0) is 14.4. The fraction of sp³-hybridized carbons (Fsp3) is 0.385. The molecular weight excluding hydrogens is 316 g/mol. The van der Waals surface area contributed by atoms with Crippen molar-refractivity contribution in [3.63, 3.8) is 0 Å². The minimum atomic E-state index is -0.421. The van der Waals surface area contributed by atoms with Crippen molar-refractivity contribution < 1.29 is 23.8 Å². The van der Waals surface area contributed by atoms with E-state index in [1.807, 2.05) is 0 Å². The Morgan fingerprint density at radius 3 is 2.16 bits per heavy atom. The van der Waals surface area contributed by atoms with Crippen LogP contribution < -0.4 is 9.47 Å². The first-order valence-corrected chi connectivity index (χ1v) is 6.60. The molecule has 19 heavy (non-hydrogen) atoms. The molecule has 0 saturated heterocycles. The van der Waals surface area contributed by atoms with Gasteiger partial charge in [0, 0.05) is 5.56 Å². The lowest BCUT2D eigenvalue weighted by Crippen LogP contribution is -2.11. The molecule has 104 valence electrons. The Labute approximate surface area is 120 Å². The number of benzene rings is 1. The van der Waals surface area contributed by atoms with Crippen LogP contribution in [0.3, 0.4) is 0 Å². The van der Waals surface area contributed by atoms with Crippen LogP contribution in [-0.2, 0) is 16.0 Å². The van der Waals surface area contributed by atoms with Crippen LogP contribution in [0.1, 0.15) is 15.9 Å². The van der Waals surface area contributed by atoms with Crippen LogP contribution in [0.25, 0.3) is 0 Å². The number of halogens is 1. The molecule has 1 aromatic carbocycles. The third kappa shape index (κ3) is 3.70. The van der Waals surface area contributed by atoms with E-state index in [1.54, 1.807) is 12.1 Å². The molecule has 0 aromatic heterocycles. The molecule has 0 saturated carbocycles. The number of hydrogen-bond donors (Lipinski definition) is 0. The molecular formula is C13H15BrO5. The van der Waals surface area contributed by atoms with E-state index in [9.17, 15) is 9.59 Å². The van der Waals surface area contributed by atoms with Gasteiger partial charge in [0.1, 0.15) is 0 Å². The Morgan fingerprint density at radius 2 is 1.68 bits per heavy atom. The first-order chi connectivity index (χ1) is 9.07. The number of methoxy groups -OCH3 is 3. The van der Waals surface area contributed by atoms with Crippen LogP contribution in [0, 0.1) is 0 Å². The second-order valence-corrected chi connectivity index (χ2v) is 4.23. The van der Waals surface area contributed by atoms with Crippen molar-refractivity contribution >= 4 is 27.7 Å². The van der Waals surface area contributed by atoms with Gasteiger partial charge in [-0.05, 0) is 17.7 Å². The van der Waals surface area contributed by atoms with Crippen molar-refractivity contribution in [3.8, 4) is 11.5 Å². The highest BCUT2D eigenvalue weighted by Gasteiger charge is 2.18. The molecule has 0 bridgehead atoms. The molecule has 0 amide bonds. The SMILES string of the molecule is COC(=O)Cc1cc(OC)c(OC)cc1C(=O)CBr. The van der Waals surface area contributed by atoms with Gasteiger partial charge in [-0.15, -0.1) is 0 Å². The topological polar surface area (TPSA) is 61.8 Å². The molecule has 6 heteroatoms. The largest absolute Gasteiger partial charge is 0.493 e. The molecule has 0 aliphatic carbocycles. The van der Waals surface area contributed by atoms with Crippen molar-refractivity contribution in [2.45, 2.75) is 6.42 Å². The van der Waals surface area contributed by atoms with Gasteiger partial charge in [0.05, 0.1) is 33.1 Å². The Morgan fingerprint density at radius 1 is 1.11 bits per heavy atom. The van der Waals surface area contributed by atoms with Gasteiger partial charge in [-0.25, -0.2) is 0 Å². The van der Waals surface area contributed by atoms with Gasteiger partial charge in [0.2, 0.25) is 0 Å². The molecule has 5 nitrogen and oxygen atoms in total. The summed E-state index contributed by atoms with van der Waals surface area (Å²) in [5.41, 5.74) is 0.967. The van der Waals surface area contributed by atoms with Crippen LogP contribution in [0.2, 0.25) is 0 Å². The van der Waals surface area contributed by atoms with E-state index in [0.717, 1.165) is 0 Å².